The van der Waals surface area contributed by atoms with Crippen molar-refractivity contribution in [1.29, 1.82) is 0 Å². The van der Waals surface area contributed by atoms with E-state index in [9.17, 15) is 14.0 Å². The maximum absolute atomic E-state index is 14.1. The van der Waals surface area contributed by atoms with Gasteiger partial charge in [-0.25, -0.2) is 9.07 Å². The van der Waals surface area contributed by atoms with Gasteiger partial charge in [0, 0.05) is 32.5 Å². The predicted molar refractivity (Wildman–Crippen MR) is 82.1 cm³/mol. The highest BCUT2D eigenvalue weighted by atomic mass is 19.1. The second kappa shape index (κ2) is 7.41. The Hall–Kier alpha value is -2.87. The van der Waals surface area contributed by atoms with Gasteiger partial charge in [0.1, 0.15) is 12.4 Å². The van der Waals surface area contributed by atoms with Crippen LogP contribution in [0.25, 0.3) is 5.69 Å². The summed E-state index contributed by atoms with van der Waals surface area (Å²) in [7, 11) is 1.33. The minimum atomic E-state index is -0.594. The molecule has 120 valence electrons. The van der Waals surface area contributed by atoms with Gasteiger partial charge in [0.2, 0.25) is 5.78 Å². The minimum Gasteiger partial charge on any atom is -0.376 e. The van der Waals surface area contributed by atoms with Crippen molar-refractivity contribution in [2.45, 2.75) is 6.92 Å². The monoisotopic (exact) mass is 318 g/mol. The number of anilines is 1. The highest BCUT2D eigenvalue weighted by Crippen LogP contribution is 2.18. The maximum Gasteiger partial charge on any atom is 0.212 e. The summed E-state index contributed by atoms with van der Waals surface area (Å²) in [6.07, 6.45) is 3.26. The Kier molecular flexibility index (Phi) is 5.32. The number of ether oxygens (including phenoxy) is 1. The number of ketones is 2. The summed E-state index contributed by atoms with van der Waals surface area (Å²) < 4.78 is 20.2. The Labute approximate surface area is 131 Å². The van der Waals surface area contributed by atoms with Gasteiger partial charge in [-0.05, 0) is 18.2 Å². The number of carbonyl (C=O) groups is 2. The average Bonchev–Trinajstić information content (AvgIpc) is 3.03. The van der Waals surface area contributed by atoms with Gasteiger partial charge in [-0.15, -0.1) is 0 Å². The Morgan fingerprint density at radius 3 is 2.78 bits per heavy atom. The summed E-state index contributed by atoms with van der Waals surface area (Å²) in [5.74, 6) is -1.71. The van der Waals surface area contributed by atoms with Crippen LogP contribution in [0.4, 0.5) is 10.1 Å². The van der Waals surface area contributed by atoms with Gasteiger partial charge in [-0.3, -0.25) is 15.0 Å². The fourth-order valence-electron chi connectivity index (χ4n) is 1.81. The summed E-state index contributed by atoms with van der Waals surface area (Å²) in [5.41, 5.74) is 2.63. The van der Waals surface area contributed by atoms with Crippen molar-refractivity contribution in [2.24, 2.45) is 5.10 Å². The first-order valence-corrected chi connectivity index (χ1v) is 6.69. The number of nitrogens with one attached hydrogen (secondary N) is 1. The van der Waals surface area contributed by atoms with Gasteiger partial charge in [-0.2, -0.15) is 10.2 Å². The number of halogens is 1. The zero-order chi connectivity index (χ0) is 16.8. The van der Waals surface area contributed by atoms with Crippen LogP contribution in [0.1, 0.15) is 6.92 Å². The number of Topliss-reactive ketones (excluding diaryl/α,β-unsaturated/α-hetero) is 2. The Bertz CT molecular complexity index is 741. The number of methoxy groups -OCH3 is 1. The van der Waals surface area contributed by atoms with Crippen LogP contribution in [0.15, 0.2) is 41.8 Å². The SMILES string of the molecule is COCC(=O)/C(=N\Nc1ccc(-n2cccn2)cc1F)C(C)=O. The first-order valence-electron chi connectivity index (χ1n) is 6.69. The number of benzene rings is 1. The van der Waals surface area contributed by atoms with Crippen molar-refractivity contribution in [3.63, 3.8) is 0 Å². The van der Waals surface area contributed by atoms with Crippen LogP contribution in [0.3, 0.4) is 0 Å². The van der Waals surface area contributed by atoms with Gasteiger partial charge >= 0.3 is 0 Å². The third-order valence-electron chi connectivity index (χ3n) is 2.88. The topological polar surface area (TPSA) is 85.6 Å². The van der Waals surface area contributed by atoms with E-state index in [1.165, 1.54) is 30.8 Å². The Balaban J connectivity index is 2.20. The number of hydrogen-bond donors (Lipinski definition) is 1. The molecule has 0 saturated heterocycles. The molecule has 2 aromatic rings. The number of nitrogens with zero attached hydrogens (tertiary/aromatic N) is 3. The van der Waals surface area contributed by atoms with Crippen molar-refractivity contribution < 1.29 is 18.7 Å². The molecule has 2 rings (SSSR count). The van der Waals surface area contributed by atoms with E-state index in [-0.39, 0.29) is 18.0 Å². The quantitative estimate of drug-likeness (QED) is 0.476. The van der Waals surface area contributed by atoms with Crippen molar-refractivity contribution in [2.75, 3.05) is 19.1 Å². The lowest BCUT2D eigenvalue weighted by Gasteiger charge is -2.07. The van der Waals surface area contributed by atoms with Gasteiger partial charge in [0.25, 0.3) is 0 Å². The lowest BCUT2D eigenvalue weighted by atomic mass is 10.2. The van der Waals surface area contributed by atoms with Crippen molar-refractivity contribution in [1.82, 2.24) is 9.78 Å². The van der Waals surface area contributed by atoms with Crippen LogP contribution < -0.4 is 5.43 Å². The van der Waals surface area contributed by atoms with Crippen LogP contribution in [0, 0.1) is 5.82 Å². The van der Waals surface area contributed by atoms with E-state index in [4.69, 9.17) is 0 Å². The molecule has 0 spiro atoms. The average molecular weight is 318 g/mol. The van der Waals surface area contributed by atoms with Crippen LogP contribution in [0.5, 0.6) is 0 Å². The normalized spacial score (nSPS) is 11.3. The molecule has 0 aliphatic rings. The molecule has 1 N–H and O–H groups in total. The lowest BCUT2D eigenvalue weighted by molar-refractivity contribution is -0.118. The molecule has 0 atom stereocenters. The molecular weight excluding hydrogens is 303 g/mol. The maximum atomic E-state index is 14.1. The zero-order valence-electron chi connectivity index (χ0n) is 12.6. The first-order chi connectivity index (χ1) is 11.0. The van der Waals surface area contributed by atoms with Crippen LogP contribution in [0.2, 0.25) is 0 Å². The number of hydrazone groups is 1. The fraction of sp³-hybridized carbons (Fsp3) is 0.200. The molecule has 0 aliphatic heterocycles. The molecule has 23 heavy (non-hydrogen) atoms. The molecule has 0 aliphatic carbocycles. The number of rotatable bonds is 7. The molecule has 0 unspecified atom stereocenters. The van der Waals surface area contributed by atoms with E-state index in [0.717, 1.165) is 0 Å². The van der Waals surface area contributed by atoms with E-state index < -0.39 is 17.4 Å². The standard InChI is InChI=1S/C15H15FN4O3/c1-10(21)15(14(22)9-23-2)19-18-13-5-4-11(8-12(13)16)20-7-3-6-17-20/h3-8,18H,9H2,1-2H3/b19-15-. The molecule has 8 heteroatoms. The van der Waals surface area contributed by atoms with Gasteiger partial charge in [0.05, 0.1) is 11.4 Å². The fourth-order valence-corrected chi connectivity index (χ4v) is 1.81. The largest absolute Gasteiger partial charge is 0.376 e. The first kappa shape index (κ1) is 16.5. The summed E-state index contributed by atoms with van der Waals surface area (Å²) in [4.78, 5) is 23.1. The smallest absolute Gasteiger partial charge is 0.212 e. The molecule has 1 aromatic carbocycles. The van der Waals surface area contributed by atoms with Crippen LogP contribution in [-0.2, 0) is 14.3 Å². The molecule has 0 bridgehead atoms. The van der Waals surface area contributed by atoms with Gasteiger partial charge in [0.15, 0.2) is 11.5 Å². The zero-order valence-corrected chi connectivity index (χ0v) is 12.6. The summed E-state index contributed by atoms with van der Waals surface area (Å²) >= 11 is 0. The summed E-state index contributed by atoms with van der Waals surface area (Å²) in [5, 5.41) is 7.69. The molecule has 1 heterocycles. The number of hydrogen-bond acceptors (Lipinski definition) is 6. The summed E-state index contributed by atoms with van der Waals surface area (Å²) in [6.45, 7) is 0.923. The van der Waals surface area contributed by atoms with E-state index in [2.05, 4.69) is 20.4 Å². The highest BCUT2D eigenvalue weighted by Gasteiger charge is 2.16. The van der Waals surface area contributed by atoms with Crippen molar-refractivity contribution in [3.05, 3.63) is 42.5 Å². The van der Waals surface area contributed by atoms with Gasteiger partial charge < -0.3 is 4.74 Å². The summed E-state index contributed by atoms with van der Waals surface area (Å²) in [6, 6.07) is 6.04. The van der Waals surface area contributed by atoms with E-state index in [0.29, 0.717) is 5.69 Å². The van der Waals surface area contributed by atoms with E-state index >= 15 is 0 Å². The predicted octanol–water partition coefficient (Wildman–Crippen LogP) is 1.58. The Morgan fingerprint density at radius 2 is 2.22 bits per heavy atom. The molecule has 0 amide bonds. The highest BCUT2D eigenvalue weighted by molar-refractivity contribution is 6.66. The molecule has 1 aromatic heterocycles. The Morgan fingerprint density at radius 1 is 1.43 bits per heavy atom. The number of carbonyl (C=O) groups excluding carboxylic acids is 2. The molecule has 0 saturated carbocycles. The van der Waals surface area contributed by atoms with E-state index in [1.54, 1.807) is 24.5 Å². The molecular formula is C15H15FN4O3. The van der Waals surface area contributed by atoms with Gasteiger partial charge in [-0.1, -0.05) is 0 Å². The van der Waals surface area contributed by atoms with Crippen molar-refractivity contribution >= 4 is 23.0 Å². The second-order valence-electron chi connectivity index (χ2n) is 4.60. The van der Waals surface area contributed by atoms with E-state index in [1.807, 2.05) is 0 Å². The molecule has 7 nitrogen and oxygen atoms in total. The number of aromatic nitrogens is 2. The molecule has 0 radical (unpaired) electrons. The van der Waals surface area contributed by atoms with Crippen LogP contribution in [-0.4, -0.2) is 40.8 Å². The second-order valence-corrected chi connectivity index (χ2v) is 4.60. The minimum absolute atomic E-state index is 0.0323. The van der Waals surface area contributed by atoms with Crippen LogP contribution >= 0.6 is 0 Å². The third-order valence-corrected chi connectivity index (χ3v) is 2.88. The third kappa shape index (κ3) is 4.07. The molecule has 0 fully saturated rings. The lowest BCUT2D eigenvalue weighted by Crippen LogP contribution is -2.26. The van der Waals surface area contributed by atoms with Crippen molar-refractivity contribution in [3.8, 4) is 5.69 Å².